The molecule has 14 aromatic rings. The zero-order chi connectivity index (χ0) is 96.8. The molecule has 4 aliphatic carbocycles. The van der Waals surface area contributed by atoms with Crippen molar-refractivity contribution in [2.24, 2.45) is 23.7 Å². The summed E-state index contributed by atoms with van der Waals surface area (Å²) in [7, 11) is 7.36. The third kappa shape index (κ3) is 30.3. The fourth-order valence-corrected chi connectivity index (χ4v) is 45.3. The predicted molar refractivity (Wildman–Crippen MR) is 647 cm³/mol. The summed E-state index contributed by atoms with van der Waals surface area (Å²) >= 11 is 0. The van der Waals surface area contributed by atoms with E-state index in [1.807, 2.05) is 0 Å². The predicted octanol–water partition coefficient (Wildman–Crippen LogP) is 29.9. The van der Waals surface area contributed by atoms with Crippen LogP contribution in [0.3, 0.4) is 0 Å². The van der Waals surface area contributed by atoms with Crippen molar-refractivity contribution < 1.29 is 34.1 Å². The van der Waals surface area contributed by atoms with Crippen LogP contribution in [0.15, 0.2) is 352 Å². The molecule has 0 heterocycles. The van der Waals surface area contributed by atoms with Crippen molar-refractivity contribution in [3.05, 3.63) is 448 Å². The van der Waals surface area contributed by atoms with Gasteiger partial charge in [-0.1, -0.05) is 400 Å². The molecule has 12 atom stereocenters. The molecule has 0 spiro atoms. The van der Waals surface area contributed by atoms with Gasteiger partial charge in [-0.05, 0) is 423 Å². The molecule has 4 aliphatic rings. The monoisotopic (exact) mass is 2110 g/mol. The minimum atomic E-state index is -0.485. The molecule has 2 nitrogen and oxygen atoms in total. The first-order chi connectivity index (χ1) is 66.4. The van der Waals surface area contributed by atoms with Crippen molar-refractivity contribution in [1.82, 2.24) is 9.80 Å². The zero-order valence-corrected chi connectivity index (χ0v) is 99.3. The maximum Gasteiger partial charge on any atom is 2.00 e. The minimum Gasteiger partial charge on any atom is -0.358 e. The SMILES string of the molecule is C[C@@H](C1CCCC1P(c1ccccc1)c1ccccc1)N(C)C.C[C@@H](C1CCCC1P(c1ccccc1)c1ccccc1)N(C)C.Cc1cccc(C)c1P(c1c(C)cccc1C)[C@@H](C)C1CCCC1P(c1ccccc1)c1ccccc1.Cc1cccc(C)c1P(c1c(C)cccc1C)[C@H](C)C1CCCC1P(c1ccccc1)c1ccccc1.Cc1cccc(C)c1Pc1c(C)cccc1C.[CH3-].[CH3-].[CH3-].[CH3-].[Fe+2].[Fe+2]. The molecule has 0 N–H and O–H groups in total. The topological polar surface area (TPSA) is 6.48 Å². The van der Waals surface area contributed by atoms with E-state index in [-0.39, 0.29) is 79.7 Å². The molecule has 0 saturated heterocycles. The van der Waals surface area contributed by atoms with Crippen molar-refractivity contribution in [3.63, 3.8) is 0 Å². The van der Waals surface area contributed by atoms with Gasteiger partial charge in [0, 0.05) is 12.1 Å². The summed E-state index contributed by atoms with van der Waals surface area (Å²) in [5, 5.41) is 21.8. The molecule has 0 amide bonds. The standard InChI is InChI=1S/2C35H40P2.2C21H28NP.C16H19P.4CH3.2Fe/c2*1-25-15-12-16-26(2)34(25)36(35-27(3)17-13-18-28(35)4)29(5)32-23-14-24-33(32)37(30-19-8-6-9-20-30)31-21-10-7-11-22-31;2*1-17(22(2)3)20-15-10-16-21(20)23(18-11-6-4-7-12-18)19-13-8-5-9-14-19;1-11-7-5-8-12(2)15(11)17-16-13(3)9-6-10-14(16)4;;;;;;/h2*6-13,15-22,29,32-33H,14,23-24H2,1-5H3;2*4-9,11-14,17,20-21H,10,15-16H2,1-3H3;5-10,17H,1-4H3;4*1H3;;/q;;;;;4*-1;2*+2/t2*29-,32?,33?;2*17-,20?,21?;;;;;;;/m1000......./s1. The molecular weight excluding hydrogens is 1940 g/mol. The van der Waals surface area contributed by atoms with Gasteiger partial charge in [-0.25, -0.2) is 0 Å². The van der Waals surface area contributed by atoms with E-state index in [1.165, 1.54) is 197 Å². The van der Waals surface area contributed by atoms with Gasteiger partial charge in [0.2, 0.25) is 0 Å². The fourth-order valence-electron chi connectivity index (χ4n) is 23.3. The summed E-state index contributed by atoms with van der Waals surface area (Å²) in [6.45, 7) is 37.6. The van der Waals surface area contributed by atoms with E-state index in [0.717, 1.165) is 43.6 Å². The first-order valence-electron chi connectivity index (χ1n) is 51.0. The van der Waals surface area contributed by atoms with Gasteiger partial charge in [0.05, 0.1) is 0 Å². The van der Waals surface area contributed by atoms with E-state index < -0.39 is 31.7 Å². The molecule has 0 aromatic heterocycles. The van der Waals surface area contributed by atoms with Crippen LogP contribution in [0, 0.1) is 136 Å². The van der Waals surface area contributed by atoms with Gasteiger partial charge in [0.1, 0.15) is 0 Å². The number of rotatable bonds is 26. The van der Waals surface area contributed by atoms with Crippen LogP contribution in [-0.2, 0) is 34.1 Å². The number of hydrogen-bond donors (Lipinski definition) is 0. The van der Waals surface area contributed by atoms with E-state index in [2.05, 4.69) is 501 Å². The number of benzene rings is 14. The van der Waals surface area contributed by atoms with Crippen molar-refractivity contribution in [1.29, 1.82) is 0 Å². The Morgan fingerprint density at radius 1 is 0.210 bits per heavy atom. The van der Waals surface area contributed by atoms with Gasteiger partial charge < -0.3 is 39.5 Å². The summed E-state index contributed by atoms with van der Waals surface area (Å²) in [6, 6.07) is 133. The Balaban J connectivity index is 0.000000222. The minimum absolute atomic E-state index is 0. The van der Waals surface area contributed by atoms with Gasteiger partial charge in [-0.3, -0.25) is 0 Å². The Kier molecular flexibility index (Phi) is 50.4. The average Bonchev–Trinajstić information content (AvgIpc) is 1.67. The molecule has 0 aliphatic heterocycles. The third-order valence-electron chi connectivity index (χ3n) is 30.6. The summed E-state index contributed by atoms with van der Waals surface area (Å²) in [4.78, 5) is 4.82. The normalized spacial score (nSPS) is 18.1. The molecule has 0 radical (unpaired) electrons. The number of nitrogens with zero attached hydrogens (tertiary/aromatic N) is 2. The maximum absolute atomic E-state index is 2.61. The van der Waals surface area contributed by atoms with E-state index in [9.17, 15) is 0 Å². The Morgan fingerprint density at radius 3 is 0.531 bits per heavy atom. The van der Waals surface area contributed by atoms with Crippen LogP contribution in [-0.4, -0.2) is 84.0 Å². The summed E-state index contributed by atoms with van der Waals surface area (Å²) < 4.78 is 0. The van der Waals surface area contributed by atoms with Gasteiger partial charge in [0.15, 0.2) is 0 Å². The van der Waals surface area contributed by atoms with E-state index >= 15 is 0 Å². The Hall–Kier alpha value is -6.95. The molecule has 8 unspecified atom stereocenters. The largest absolute Gasteiger partial charge is 2.00 e. The maximum atomic E-state index is 2.61. The molecule has 143 heavy (non-hydrogen) atoms. The van der Waals surface area contributed by atoms with Gasteiger partial charge in [0.25, 0.3) is 0 Å². The third-order valence-corrected chi connectivity index (χ3v) is 51.9. The molecule has 0 bridgehead atoms. The molecule has 11 heteroatoms. The van der Waals surface area contributed by atoms with Crippen LogP contribution in [0.25, 0.3) is 0 Å². The molecule has 18 rings (SSSR count). The number of aryl methyl sites for hydroxylation is 12. The second kappa shape index (κ2) is 59.4. The molecule has 4 fully saturated rings. The van der Waals surface area contributed by atoms with Crippen LogP contribution >= 0.6 is 56.1 Å². The first-order valence-corrected chi connectivity index (χ1v) is 60.5. The molecular formula is C132H167Fe2N2P7. The average molecular weight is 2110 g/mol. The van der Waals surface area contributed by atoms with Crippen molar-refractivity contribution in [2.45, 2.75) is 234 Å². The second-order valence-electron chi connectivity index (χ2n) is 40.1. The van der Waals surface area contributed by atoms with Crippen LogP contribution in [0.2, 0.25) is 0 Å². The van der Waals surface area contributed by atoms with Crippen LogP contribution in [0.4, 0.5) is 0 Å². The van der Waals surface area contributed by atoms with E-state index in [1.54, 1.807) is 21.2 Å². The second-order valence-corrected chi connectivity index (χ2v) is 56.0. The Labute approximate surface area is 900 Å². The van der Waals surface area contributed by atoms with Gasteiger partial charge in [-0.2, -0.15) is 0 Å². The quantitative estimate of drug-likeness (QED) is 0.0303. The van der Waals surface area contributed by atoms with Crippen molar-refractivity contribution in [3.8, 4) is 0 Å². The van der Waals surface area contributed by atoms with Crippen molar-refractivity contribution in [2.75, 3.05) is 28.2 Å². The molecule has 4 saturated carbocycles. The first kappa shape index (κ1) is 121. The summed E-state index contributed by atoms with van der Waals surface area (Å²) in [6.07, 6.45) is 16.3. The smallest absolute Gasteiger partial charge is 0.358 e. The van der Waals surface area contributed by atoms with Crippen molar-refractivity contribution >= 4 is 130 Å². The number of hydrogen-bond acceptors (Lipinski definition) is 2. The van der Waals surface area contributed by atoms with Gasteiger partial charge in [-0.15, -0.1) is 0 Å². The molecule has 756 valence electrons. The van der Waals surface area contributed by atoms with E-state index in [4.69, 9.17) is 0 Å². The zero-order valence-electron chi connectivity index (χ0n) is 90.7. The Bertz CT molecular complexity index is 5320. The Morgan fingerprint density at radius 2 is 0.364 bits per heavy atom. The van der Waals surface area contributed by atoms with Crippen LogP contribution in [0.5, 0.6) is 0 Å². The van der Waals surface area contributed by atoms with Gasteiger partial charge >= 0.3 is 34.1 Å². The molecule has 14 aromatic carbocycles. The van der Waals surface area contributed by atoms with E-state index in [0.29, 0.717) is 34.7 Å². The summed E-state index contributed by atoms with van der Waals surface area (Å²) in [5.41, 5.74) is 21.6. The fraction of sp³-hybridized carbons (Fsp3) is 0.333. The van der Waals surface area contributed by atoms with Crippen LogP contribution < -0.4 is 74.3 Å². The van der Waals surface area contributed by atoms with Crippen LogP contribution in [0.1, 0.15) is 172 Å². The summed E-state index contributed by atoms with van der Waals surface area (Å²) in [5.74, 6) is 3.04.